The molecule has 4 rings (SSSR count). The SMILES string of the molecule is CC[C@H]1CN(c2nc(N)c(C(=O)NC)nc2Cl)CCN1C1CCN(C(=O)c2ccc(C)cc2NC)CC1. The van der Waals surface area contributed by atoms with E-state index in [1.807, 2.05) is 37.1 Å². The monoisotopic (exact) mass is 528 g/mol. The van der Waals surface area contributed by atoms with E-state index in [-0.39, 0.29) is 22.6 Å². The van der Waals surface area contributed by atoms with E-state index in [4.69, 9.17) is 17.3 Å². The Morgan fingerprint density at radius 3 is 2.51 bits per heavy atom. The second-order valence-corrected chi connectivity index (χ2v) is 10.1. The van der Waals surface area contributed by atoms with Crippen LogP contribution in [-0.4, -0.2) is 90.5 Å². The van der Waals surface area contributed by atoms with E-state index in [0.717, 1.165) is 68.8 Å². The first kappa shape index (κ1) is 26.9. The van der Waals surface area contributed by atoms with Crippen LogP contribution in [0.25, 0.3) is 0 Å². The van der Waals surface area contributed by atoms with Gasteiger partial charge in [0.1, 0.15) is 0 Å². The smallest absolute Gasteiger partial charge is 0.273 e. The molecule has 0 spiro atoms. The topological polar surface area (TPSA) is 120 Å². The molecule has 0 saturated carbocycles. The molecule has 2 saturated heterocycles. The normalized spacial score (nSPS) is 19.1. The van der Waals surface area contributed by atoms with Gasteiger partial charge in [-0.2, -0.15) is 0 Å². The predicted molar refractivity (Wildman–Crippen MR) is 147 cm³/mol. The first-order chi connectivity index (χ1) is 17.8. The Bertz CT molecular complexity index is 1150. The quantitative estimate of drug-likeness (QED) is 0.523. The van der Waals surface area contributed by atoms with E-state index in [1.165, 1.54) is 7.05 Å². The van der Waals surface area contributed by atoms with Crippen molar-refractivity contribution in [3.05, 3.63) is 40.2 Å². The number of hydrogen-bond donors (Lipinski definition) is 3. The summed E-state index contributed by atoms with van der Waals surface area (Å²) in [5, 5.41) is 5.85. The van der Waals surface area contributed by atoms with Gasteiger partial charge in [-0.05, 0) is 43.9 Å². The van der Waals surface area contributed by atoms with Gasteiger partial charge >= 0.3 is 0 Å². The first-order valence-corrected chi connectivity index (χ1v) is 13.3. The van der Waals surface area contributed by atoms with Gasteiger partial charge in [0.2, 0.25) is 0 Å². The maximum absolute atomic E-state index is 13.2. The lowest BCUT2D eigenvalue weighted by Crippen LogP contribution is -2.58. The van der Waals surface area contributed by atoms with Crippen molar-refractivity contribution in [3.8, 4) is 0 Å². The summed E-state index contributed by atoms with van der Waals surface area (Å²) in [6.07, 6.45) is 2.86. The van der Waals surface area contributed by atoms with Gasteiger partial charge in [0.05, 0.1) is 5.56 Å². The Morgan fingerprint density at radius 2 is 1.86 bits per heavy atom. The average molecular weight is 529 g/mol. The molecule has 2 aliphatic heterocycles. The van der Waals surface area contributed by atoms with Crippen molar-refractivity contribution < 1.29 is 9.59 Å². The molecule has 2 aromatic rings. The summed E-state index contributed by atoms with van der Waals surface area (Å²) < 4.78 is 0. The molecule has 2 fully saturated rings. The Morgan fingerprint density at radius 1 is 1.14 bits per heavy atom. The molecule has 1 atom stereocenters. The Balaban J connectivity index is 1.40. The van der Waals surface area contributed by atoms with E-state index in [1.54, 1.807) is 0 Å². The number of hydrogen-bond acceptors (Lipinski definition) is 8. The molecule has 200 valence electrons. The van der Waals surface area contributed by atoms with Crippen LogP contribution in [0.2, 0.25) is 5.15 Å². The van der Waals surface area contributed by atoms with Crippen molar-refractivity contribution in [2.75, 3.05) is 62.8 Å². The number of benzene rings is 1. The van der Waals surface area contributed by atoms with Crippen molar-refractivity contribution in [3.63, 3.8) is 0 Å². The van der Waals surface area contributed by atoms with Crippen LogP contribution in [-0.2, 0) is 0 Å². The zero-order chi connectivity index (χ0) is 26.7. The van der Waals surface area contributed by atoms with Crippen molar-refractivity contribution in [1.82, 2.24) is 25.1 Å². The lowest BCUT2D eigenvalue weighted by atomic mass is 9.97. The number of piperidine rings is 1. The zero-order valence-electron chi connectivity index (χ0n) is 22.1. The highest BCUT2D eigenvalue weighted by Gasteiger charge is 2.35. The molecule has 0 aliphatic carbocycles. The average Bonchev–Trinajstić information content (AvgIpc) is 2.92. The van der Waals surface area contributed by atoms with Gasteiger partial charge in [0.25, 0.3) is 11.8 Å². The van der Waals surface area contributed by atoms with Crippen LogP contribution >= 0.6 is 11.6 Å². The Labute approximate surface area is 223 Å². The third-order valence-electron chi connectivity index (χ3n) is 7.50. The van der Waals surface area contributed by atoms with Crippen molar-refractivity contribution >= 4 is 40.7 Å². The molecule has 0 unspecified atom stereocenters. The van der Waals surface area contributed by atoms with Gasteiger partial charge < -0.3 is 26.2 Å². The maximum atomic E-state index is 13.2. The van der Waals surface area contributed by atoms with Crippen LogP contribution in [0.5, 0.6) is 0 Å². The number of anilines is 3. The van der Waals surface area contributed by atoms with Gasteiger partial charge in [-0.15, -0.1) is 0 Å². The molecule has 2 amide bonds. The standard InChI is InChI=1S/C26H37ClN8O2/c1-5-17-15-34(24-22(27)31-21(23(28)32-24)25(36)30-4)12-13-35(17)18-8-10-33(11-9-18)26(37)19-7-6-16(2)14-20(19)29-3/h6-7,14,17-18,29H,5,8-13,15H2,1-4H3,(H2,28,32)(H,30,36)/t17-/m0/s1. The predicted octanol–water partition coefficient (Wildman–Crippen LogP) is 2.63. The molecule has 11 heteroatoms. The van der Waals surface area contributed by atoms with Crippen LogP contribution in [0.15, 0.2) is 18.2 Å². The van der Waals surface area contributed by atoms with Gasteiger partial charge in [0.15, 0.2) is 22.5 Å². The second-order valence-electron chi connectivity index (χ2n) is 9.72. The van der Waals surface area contributed by atoms with Gasteiger partial charge in [-0.25, -0.2) is 9.97 Å². The van der Waals surface area contributed by atoms with Crippen molar-refractivity contribution in [1.29, 1.82) is 0 Å². The lowest BCUT2D eigenvalue weighted by Gasteiger charge is -2.47. The van der Waals surface area contributed by atoms with E-state index in [9.17, 15) is 9.59 Å². The molecule has 3 heterocycles. The van der Waals surface area contributed by atoms with Crippen LogP contribution in [0.1, 0.15) is 52.6 Å². The fraction of sp³-hybridized carbons (Fsp3) is 0.538. The van der Waals surface area contributed by atoms with E-state index in [0.29, 0.717) is 17.9 Å². The number of aromatic nitrogens is 2. The number of nitrogens with zero attached hydrogens (tertiary/aromatic N) is 5. The highest BCUT2D eigenvalue weighted by molar-refractivity contribution is 6.32. The third kappa shape index (κ3) is 5.60. The molecular formula is C26H37ClN8O2. The minimum absolute atomic E-state index is 0.0377. The van der Waals surface area contributed by atoms with E-state index >= 15 is 0 Å². The van der Waals surface area contributed by atoms with Gasteiger partial charge in [-0.1, -0.05) is 24.6 Å². The van der Waals surface area contributed by atoms with Crippen molar-refractivity contribution in [2.24, 2.45) is 0 Å². The van der Waals surface area contributed by atoms with Crippen molar-refractivity contribution in [2.45, 2.75) is 45.2 Å². The Hall–Kier alpha value is -3.11. The number of piperazine rings is 1. The van der Waals surface area contributed by atoms with Crippen LogP contribution in [0.3, 0.4) is 0 Å². The Kier molecular flexibility index (Phi) is 8.39. The molecule has 0 radical (unpaired) electrons. The number of nitrogens with one attached hydrogen (secondary N) is 2. The van der Waals surface area contributed by atoms with Crippen LogP contribution in [0, 0.1) is 6.92 Å². The summed E-state index contributed by atoms with van der Waals surface area (Å²) in [5.74, 6) is 0.264. The summed E-state index contributed by atoms with van der Waals surface area (Å²) in [6.45, 7) is 8.04. The summed E-state index contributed by atoms with van der Waals surface area (Å²) in [7, 11) is 3.37. The number of amides is 2. The molecule has 1 aromatic carbocycles. The number of nitrogens with two attached hydrogens (primary N) is 1. The molecule has 4 N–H and O–H groups in total. The summed E-state index contributed by atoms with van der Waals surface area (Å²) >= 11 is 6.43. The van der Waals surface area contributed by atoms with Gasteiger partial charge in [-0.3, -0.25) is 14.5 Å². The minimum Gasteiger partial charge on any atom is -0.387 e. The highest BCUT2D eigenvalue weighted by atomic mass is 35.5. The van der Waals surface area contributed by atoms with E-state index < -0.39 is 5.91 Å². The van der Waals surface area contributed by atoms with Crippen LogP contribution < -0.4 is 21.3 Å². The maximum Gasteiger partial charge on any atom is 0.273 e. The number of rotatable bonds is 6. The summed E-state index contributed by atoms with van der Waals surface area (Å²) in [4.78, 5) is 40.5. The third-order valence-corrected chi connectivity index (χ3v) is 7.75. The molecule has 37 heavy (non-hydrogen) atoms. The molecule has 2 aliphatic rings. The summed E-state index contributed by atoms with van der Waals surface area (Å²) in [6, 6.07) is 6.65. The minimum atomic E-state index is -0.413. The molecule has 0 bridgehead atoms. The summed E-state index contributed by atoms with van der Waals surface area (Å²) in [5.41, 5.74) is 8.79. The van der Waals surface area contributed by atoms with Gasteiger partial charge in [0, 0.05) is 64.6 Å². The number of carbonyl (C=O) groups excluding carboxylic acids is 2. The van der Waals surface area contributed by atoms with Crippen LogP contribution in [0.4, 0.5) is 17.3 Å². The first-order valence-electron chi connectivity index (χ1n) is 12.9. The highest BCUT2D eigenvalue weighted by Crippen LogP contribution is 2.30. The second kappa shape index (κ2) is 11.5. The number of aryl methyl sites for hydroxylation is 1. The molecule has 10 nitrogen and oxygen atoms in total. The van der Waals surface area contributed by atoms with E-state index in [2.05, 4.69) is 37.3 Å². The number of likely N-dealkylation sites (tertiary alicyclic amines) is 1. The largest absolute Gasteiger partial charge is 0.387 e. The number of nitrogen functional groups attached to an aromatic ring is 1. The number of halogens is 1. The fourth-order valence-electron chi connectivity index (χ4n) is 5.43. The fourth-order valence-corrected chi connectivity index (χ4v) is 5.68. The molecular weight excluding hydrogens is 492 g/mol. The number of carbonyl (C=O) groups is 2. The lowest BCUT2D eigenvalue weighted by molar-refractivity contribution is 0.0491. The molecule has 1 aromatic heterocycles. The zero-order valence-corrected chi connectivity index (χ0v) is 22.8.